The Morgan fingerprint density at radius 1 is 1.13 bits per heavy atom. The maximum absolute atomic E-state index is 12.4. The second kappa shape index (κ2) is 7.65. The molecule has 5 nitrogen and oxygen atoms in total. The molecule has 120 valence electrons. The van der Waals surface area contributed by atoms with Gasteiger partial charge in [0.1, 0.15) is 11.8 Å². The monoisotopic (exact) mass is 333 g/mol. The van der Waals surface area contributed by atoms with Gasteiger partial charge in [0.2, 0.25) is 0 Å². The highest BCUT2D eigenvalue weighted by molar-refractivity contribution is 6.32. The van der Waals surface area contributed by atoms with Crippen LogP contribution in [0.3, 0.4) is 0 Å². The SMILES string of the molecule is CN(c1ccccc1)C(CC(=O)O)C(=O)Oc1ccccc1Cl. The highest BCUT2D eigenvalue weighted by Gasteiger charge is 2.28. The largest absolute Gasteiger partial charge is 0.481 e. The van der Waals surface area contributed by atoms with E-state index < -0.39 is 18.0 Å². The molecular weight excluding hydrogens is 318 g/mol. The van der Waals surface area contributed by atoms with Gasteiger partial charge in [-0.15, -0.1) is 0 Å². The predicted octanol–water partition coefficient (Wildman–Crippen LogP) is 3.23. The number of benzene rings is 2. The third-order valence-electron chi connectivity index (χ3n) is 3.32. The van der Waals surface area contributed by atoms with E-state index in [1.54, 1.807) is 48.3 Å². The number of rotatable bonds is 6. The molecule has 0 aliphatic rings. The van der Waals surface area contributed by atoms with Crippen LogP contribution in [-0.4, -0.2) is 30.1 Å². The number of para-hydroxylation sites is 2. The fourth-order valence-corrected chi connectivity index (χ4v) is 2.27. The number of esters is 1. The van der Waals surface area contributed by atoms with E-state index in [-0.39, 0.29) is 17.2 Å². The van der Waals surface area contributed by atoms with Crippen molar-refractivity contribution in [3.63, 3.8) is 0 Å². The van der Waals surface area contributed by atoms with Crippen molar-refractivity contribution in [2.75, 3.05) is 11.9 Å². The molecule has 0 spiro atoms. The Morgan fingerprint density at radius 2 is 1.74 bits per heavy atom. The van der Waals surface area contributed by atoms with E-state index in [0.717, 1.165) is 5.69 Å². The lowest BCUT2D eigenvalue weighted by atomic mass is 10.1. The van der Waals surface area contributed by atoms with Crippen molar-refractivity contribution in [2.24, 2.45) is 0 Å². The molecule has 2 aromatic carbocycles. The lowest BCUT2D eigenvalue weighted by Gasteiger charge is -2.27. The number of ether oxygens (including phenoxy) is 1. The van der Waals surface area contributed by atoms with Crippen molar-refractivity contribution >= 4 is 29.2 Å². The van der Waals surface area contributed by atoms with Gasteiger partial charge in [0.15, 0.2) is 0 Å². The van der Waals surface area contributed by atoms with Crippen molar-refractivity contribution < 1.29 is 19.4 Å². The Kier molecular flexibility index (Phi) is 5.60. The van der Waals surface area contributed by atoms with Gasteiger partial charge in [-0.2, -0.15) is 0 Å². The summed E-state index contributed by atoms with van der Waals surface area (Å²) in [5, 5.41) is 9.38. The molecule has 0 fully saturated rings. The summed E-state index contributed by atoms with van der Waals surface area (Å²) < 4.78 is 5.27. The molecule has 1 unspecified atom stereocenters. The predicted molar refractivity (Wildman–Crippen MR) is 88.0 cm³/mol. The minimum absolute atomic E-state index is 0.205. The average molecular weight is 334 g/mol. The highest BCUT2D eigenvalue weighted by Crippen LogP contribution is 2.25. The molecule has 1 N–H and O–H groups in total. The Morgan fingerprint density at radius 3 is 2.35 bits per heavy atom. The van der Waals surface area contributed by atoms with Crippen LogP contribution in [0.25, 0.3) is 0 Å². The van der Waals surface area contributed by atoms with Crippen molar-refractivity contribution in [1.82, 2.24) is 0 Å². The fraction of sp³-hybridized carbons (Fsp3) is 0.176. The first-order chi connectivity index (χ1) is 11.0. The van der Waals surface area contributed by atoms with Gasteiger partial charge in [-0.05, 0) is 24.3 Å². The van der Waals surface area contributed by atoms with E-state index in [0.29, 0.717) is 0 Å². The molecule has 0 heterocycles. The maximum atomic E-state index is 12.4. The molecule has 0 amide bonds. The van der Waals surface area contributed by atoms with E-state index in [1.165, 1.54) is 0 Å². The fourth-order valence-electron chi connectivity index (χ4n) is 2.09. The van der Waals surface area contributed by atoms with Crippen LogP contribution >= 0.6 is 11.6 Å². The molecule has 0 radical (unpaired) electrons. The average Bonchev–Trinajstić information content (AvgIpc) is 2.54. The normalized spacial score (nSPS) is 11.6. The van der Waals surface area contributed by atoms with E-state index in [9.17, 15) is 9.59 Å². The summed E-state index contributed by atoms with van der Waals surface area (Å²) in [7, 11) is 1.65. The molecule has 0 bridgehead atoms. The summed E-state index contributed by atoms with van der Waals surface area (Å²) in [6.45, 7) is 0. The standard InChI is InChI=1S/C17H16ClNO4/c1-19(12-7-3-2-4-8-12)14(11-16(20)21)17(22)23-15-10-6-5-9-13(15)18/h2-10,14H,11H2,1H3,(H,20,21). The first-order valence-electron chi connectivity index (χ1n) is 6.95. The minimum atomic E-state index is -1.09. The molecule has 0 aromatic heterocycles. The maximum Gasteiger partial charge on any atom is 0.334 e. The van der Waals surface area contributed by atoms with Crippen LogP contribution in [0.15, 0.2) is 54.6 Å². The summed E-state index contributed by atoms with van der Waals surface area (Å²) >= 11 is 5.97. The van der Waals surface area contributed by atoms with Crippen molar-refractivity contribution in [2.45, 2.75) is 12.5 Å². The zero-order valence-electron chi connectivity index (χ0n) is 12.5. The number of likely N-dealkylation sites (N-methyl/N-ethyl adjacent to an activating group) is 1. The van der Waals surface area contributed by atoms with Gasteiger partial charge < -0.3 is 14.7 Å². The Bertz CT molecular complexity index is 690. The molecule has 0 aliphatic carbocycles. The number of carboxylic acids is 1. The number of hydrogen-bond acceptors (Lipinski definition) is 4. The van der Waals surface area contributed by atoms with Crippen LogP contribution in [0, 0.1) is 0 Å². The van der Waals surface area contributed by atoms with Crippen molar-refractivity contribution in [3.8, 4) is 5.75 Å². The third-order valence-corrected chi connectivity index (χ3v) is 3.63. The second-order valence-corrected chi connectivity index (χ2v) is 5.32. The number of carbonyl (C=O) groups is 2. The molecule has 0 saturated heterocycles. The van der Waals surface area contributed by atoms with Crippen LogP contribution in [0.1, 0.15) is 6.42 Å². The first-order valence-corrected chi connectivity index (χ1v) is 7.32. The summed E-state index contributed by atoms with van der Waals surface area (Å²) in [6, 6.07) is 14.6. The summed E-state index contributed by atoms with van der Waals surface area (Å²) in [5.41, 5.74) is 0.717. The van der Waals surface area contributed by atoms with Gasteiger partial charge in [0, 0.05) is 12.7 Å². The number of carboxylic acid groups (broad SMARTS) is 1. The Hall–Kier alpha value is -2.53. The summed E-state index contributed by atoms with van der Waals surface area (Å²) in [6.07, 6.45) is -0.380. The van der Waals surface area contributed by atoms with Gasteiger partial charge in [-0.1, -0.05) is 41.9 Å². The summed E-state index contributed by atoms with van der Waals surface area (Å²) in [5.74, 6) is -1.56. The number of halogens is 1. The lowest BCUT2D eigenvalue weighted by Crippen LogP contribution is -2.42. The molecule has 2 aromatic rings. The van der Waals surface area contributed by atoms with Gasteiger partial charge in [-0.3, -0.25) is 4.79 Å². The first kappa shape index (κ1) is 16.8. The number of aliphatic carboxylic acids is 1. The number of hydrogen-bond donors (Lipinski definition) is 1. The lowest BCUT2D eigenvalue weighted by molar-refractivity contribution is -0.143. The van der Waals surface area contributed by atoms with Crippen LogP contribution in [0.5, 0.6) is 5.75 Å². The topological polar surface area (TPSA) is 66.8 Å². The van der Waals surface area contributed by atoms with Crippen LogP contribution in [0.2, 0.25) is 5.02 Å². The molecule has 6 heteroatoms. The molecular formula is C17H16ClNO4. The van der Waals surface area contributed by atoms with E-state index in [4.69, 9.17) is 21.4 Å². The van der Waals surface area contributed by atoms with E-state index in [1.807, 2.05) is 18.2 Å². The van der Waals surface area contributed by atoms with Crippen LogP contribution < -0.4 is 9.64 Å². The summed E-state index contributed by atoms with van der Waals surface area (Å²) in [4.78, 5) is 25.1. The molecule has 0 aliphatic heterocycles. The van der Waals surface area contributed by atoms with Crippen LogP contribution in [0.4, 0.5) is 5.69 Å². The van der Waals surface area contributed by atoms with Crippen molar-refractivity contribution in [1.29, 1.82) is 0 Å². The third kappa shape index (κ3) is 4.47. The van der Waals surface area contributed by atoms with Gasteiger partial charge >= 0.3 is 11.9 Å². The smallest absolute Gasteiger partial charge is 0.334 e. The highest BCUT2D eigenvalue weighted by atomic mass is 35.5. The molecule has 0 saturated carbocycles. The zero-order valence-corrected chi connectivity index (χ0v) is 13.2. The van der Waals surface area contributed by atoms with Crippen molar-refractivity contribution in [3.05, 3.63) is 59.6 Å². The number of carbonyl (C=O) groups excluding carboxylic acids is 1. The van der Waals surface area contributed by atoms with Gasteiger partial charge in [0.25, 0.3) is 0 Å². The molecule has 2 rings (SSSR count). The Labute approximate surface area is 139 Å². The molecule has 1 atom stereocenters. The van der Waals surface area contributed by atoms with Gasteiger partial charge in [0.05, 0.1) is 11.4 Å². The van der Waals surface area contributed by atoms with E-state index >= 15 is 0 Å². The number of nitrogens with zero attached hydrogens (tertiary/aromatic N) is 1. The minimum Gasteiger partial charge on any atom is -0.481 e. The zero-order chi connectivity index (χ0) is 16.8. The number of anilines is 1. The van der Waals surface area contributed by atoms with Crippen LogP contribution in [-0.2, 0) is 9.59 Å². The van der Waals surface area contributed by atoms with Gasteiger partial charge in [-0.25, -0.2) is 4.79 Å². The van der Waals surface area contributed by atoms with E-state index in [2.05, 4.69) is 0 Å². The Balaban J connectivity index is 2.22. The quantitative estimate of drug-likeness (QED) is 0.649. The molecule has 23 heavy (non-hydrogen) atoms. The second-order valence-electron chi connectivity index (χ2n) is 4.91.